The predicted molar refractivity (Wildman–Crippen MR) is 44.2 cm³/mol. The summed E-state index contributed by atoms with van der Waals surface area (Å²) in [5, 5.41) is 10.4. The van der Waals surface area contributed by atoms with E-state index in [4.69, 9.17) is 21.1 Å². The van der Waals surface area contributed by atoms with E-state index in [9.17, 15) is 10.1 Å². The minimum Gasteiger partial charge on any atom is -0.454 e. The first kappa shape index (κ1) is 8.12. The summed E-state index contributed by atoms with van der Waals surface area (Å²) in [6.07, 6.45) is 0. The quantitative estimate of drug-likeness (QED) is 0.515. The number of hydrogen-bond acceptors (Lipinski definition) is 4. The summed E-state index contributed by atoms with van der Waals surface area (Å²) in [5.74, 6) is 0.687. The van der Waals surface area contributed by atoms with Crippen molar-refractivity contribution in [3.05, 3.63) is 27.3 Å². The van der Waals surface area contributed by atoms with Crippen LogP contribution in [0.15, 0.2) is 12.1 Å². The number of halogens is 1. The molecule has 13 heavy (non-hydrogen) atoms. The van der Waals surface area contributed by atoms with Crippen molar-refractivity contribution in [1.82, 2.24) is 0 Å². The van der Waals surface area contributed by atoms with Crippen molar-refractivity contribution in [3.8, 4) is 11.5 Å². The average Bonchev–Trinajstić information content (AvgIpc) is 2.52. The summed E-state index contributed by atoms with van der Waals surface area (Å²) in [4.78, 5) is 9.88. The van der Waals surface area contributed by atoms with Crippen molar-refractivity contribution in [3.63, 3.8) is 0 Å². The lowest BCUT2D eigenvalue weighted by molar-refractivity contribution is -0.384. The second-order valence-corrected chi connectivity index (χ2v) is 2.77. The van der Waals surface area contributed by atoms with Crippen LogP contribution in [0.5, 0.6) is 11.5 Å². The number of nitro groups is 1. The molecule has 0 unspecified atom stereocenters. The van der Waals surface area contributed by atoms with Gasteiger partial charge in [0.2, 0.25) is 6.79 Å². The molecule has 0 amide bonds. The summed E-state index contributed by atoms with van der Waals surface area (Å²) in [6.45, 7) is 0.0518. The van der Waals surface area contributed by atoms with E-state index >= 15 is 0 Å². The van der Waals surface area contributed by atoms with Gasteiger partial charge < -0.3 is 9.47 Å². The third kappa shape index (κ3) is 1.17. The second kappa shape index (κ2) is 2.77. The van der Waals surface area contributed by atoms with Crippen LogP contribution in [0.4, 0.5) is 5.69 Å². The van der Waals surface area contributed by atoms with Crippen molar-refractivity contribution < 1.29 is 14.4 Å². The number of nitro benzene ring substituents is 1. The van der Waals surface area contributed by atoms with Crippen LogP contribution in [0.3, 0.4) is 0 Å². The zero-order chi connectivity index (χ0) is 9.42. The van der Waals surface area contributed by atoms with Gasteiger partial charge in [-0.2, -0.15) is 0 Å². The average molecular weight is 202 g/mol. The van der Waals surface area contributed by atoms with Crippen molar-refractivity contribution in [2.45, 2.75) is 0 Å². The van der Waals surface area contributed by atoms with Gasteiger partial charge in [-0.05, 0) is 6.07 Å². The molecule has 0 fully saturated rings. The van der Waals surface area contributed by atoms with Gasteiger partial charge in [0.05, 0.1) is 4.92 Å². The van der Waals surface area contributed by atoms with Crippen LogP contribution >= 0.6 is 11.6 Å². The largest absolute Gasteiger partial charge is 0.454 e. The fraction of sp³-hybridized carbons (Fsp3) is 0.143. The molecule has 6 heteroatoms. The summed E-state index contributed by atoms with van der Waals surface area (Å²) >= 11 is 5.70. The van der Waals surface area contributed by atoms with Crippen LogP contribution in [0, 0.1) is 10.1 Å². The SMILES string of the molecule is O=[N+]([O-])c1ccc2c(c1Cl)OCO2. The Morgan fingerprint density at radius 1 is 1.46 bits per heavy atom. The molecular weight excluding hydrogens is 198 g/mol. The highest BCUT2D eigenvalue weighted by Crippen LogP contribution is 2.43. The molecule has 1 aliphatic rings. The number of rotatable bonds is 1. The van der Waals surface area contributed by atoms with Crippen molar-refractivity contribution in [2.75, 3.05) is 6.79 Å². The molecule has 68 valence electrons. The van der Waals surface area contributed by atoms with Crippen LogP contribution in [0.25, 0.3) is 0 Å². The van der Waals surface area contributed by atoms with Gasteiger partial charge in [0.15, 0.2) is 16.5 Å². The third-order valence-corrected chi connectivity index (χ3v) is 2.02. The van der Waals surface area contributed by atoms with E-state index in [1.54, 1.807) is 0 Å². The topological polar surface area (TPSA) is 61.6 Å². The number of nitrogens with zero attached hydrogens (tertiary/aromatic N) is 1. The molecule has 1 heterocycles. The predicted octanol–water partition coefficient (Wildman–Crippen LogP) is 1.98. The first-order chi connectivity index (χ1) is 6.20. The zero-order valence-corrected chi connectivity index (χ0v) is 7.08. The Kier molecular flexibility index (Phi) is 1.73. The Morgan fingerprint density at radius 3 is 2.92 bits per heavy atom. The highest BCUT2D eigenvalue weighted by molar-refractivity contribution is 6.34. The Bertz CT molecular complexity index is 379. The second-order valence-electron chi connectivity index (χ2n) is 2.39. The minimum absolute atomic E-state index is 0.0139. The summed E-state index contributed by atoms with van der Waals surface area (Å²) in [7, 11) is 0. The Labute approximate surface area is 78.0 Å². The lowest BCUT2D eigenvalue weighted by Crippen LogP contribution is -1.93. The van der Waals surface area contributed by atoms with Crippen LogP contribution in [-0.2, 0) is 0 Å². The molecule has 0 atom stereocenters. The summed E-state index contributed by atoms with van der Waals surface area (Å²) < 4.78 is 9.95. The number of hydrogen-bond donors (Lipinski definition) is 0. The first-order valence-electron chi connectivity index (χ1n) is 3.42. The van der Waals surface area contributed by atoms with Crippen LogP contribution in [-0.4, -0.2) is 11.7 Å². The van der Waals surface area contributed by atoms with Crippen molar-refractivity contribution >= 4 is 17.3 Å². The fourth-order valence-electron chi connectivity index (χ4n) is 1.07. The standard InChI is InChI=1S/C7H4ClNO4/c8-6-4(9(10)11)1-2-5-7(6)13-3-12-5/h1-2H,3H2. The van der Waals surface area contributed by atoms with E-state index in [0.29, 0.717) is 5.75 Å². The van der Waals surface area contributed by atoms with E-state index in [0.717, 1.165) is 0 Å². The zero-order valence-electron chi connectivity index (χ0n) is 6.32. The van der Waals surface area contributed by atoms with Gasteiger partial charge >= 0.3 is 0 Å². The molecule has 0 aliphatic carbocycles. The lowest BCUT2D eigenvalue weighted by atomic mass is 10.3. The highest BCUT2D eigenvalue weighted by atomic mass is 35.5. The van der Waals surface area contributed by atoms with Gasteiger partial charge in [-0.25, -0.2) is 0 Å². The Morgan fingerprint density at radius 2 is 2.23 bits per heavy atom. The molecule has 1 aromatic rings. The smallest absolute Gasteiger partial charge is 0.291 e. The molecule has 0 N–H and O–H groups in total. The third-order valence-electron chi connectivity index (χ3n) is 1.65. The van der Waals surface area contributed by atoms with Crippen LogP contribution in [0.2, 0.25) is 5.02 Å². The molecule has 0 saturated heterocycles. The van der Waals surface area contributed by atoms with Gasteiger partial charge in [0.1, 0.15) is 0 Å². The number of ether oxygens (including phenoxy) is 2. The monoisotopic (exact) mass is 201 g/mol. The van der Waals surface area contributed by atoms with E-state index < -0.39 is 4.92 Å². The molecule has 2 rings (SSSR count). The van der Waals surface area contributed by atoms with E-state index in [2.05, 4.69) is 0 Å². The van der Waals surface area contributed by atoms with E-state index in [1.165, 1.54) is 12.1 Å². The van der Waals surface area contributed by atoms with Crippen molar-refractivity contribution in [2.24, 2.45) is 0 Å². The molecular formula is C7H4ClNO4. The van der Waals surface area contributed by atoms with Gasteiger partial charge in [-0.3, -0.25) is 10.1 Å². The lowest BCUT2D eigenvalue weighted by Gasteiger charge is -1.98. The maximum Gasteiger partial charge on any atom is 0.291 e. The maximum atomic E-state index is 10.4. The highest BCUT2D eigenvalue weighted by Gasteiger charge is 2.24. The van der Waals surface area contributed by atoms with Gasteiger partial charge in [0.25, 0.3) is 5.69 Å². The van der Waals surface area contributed by atoms with Crippen molar-refractivity contribution in [1.29, 1.82) is 0 Å². The molecule has 0 aromatic heterocycles. The van der Waals surface area contributed by atoms with Gasteiger partial charge in [-0.15, -0.1) is 0 Å². The molecule has 0 bridgehead atoms. The molecule has 1 aliphatic heterocycles. The Balaban J connectivity index is 2.59. The van der Waals surface area contributed by atoms with E-state index in [1.807, 2.05) is 0 Å². The number of fused-ring (bicyclic) bond motifs is 1. The van der Waals surface area contributed by atoms with E-state index in [-0.39, 0.29) is 23.3 Å². The molecule has 1 aromatic carbocycles. The van der Waals surface area contributed by atoms with Crippen LogP contribution < -0.4 is 9.47 Å². The fourth-order valence-corrected chi connectivity index (χ4v) is 1.35. The first-order valence-corrected chi connectivity index (χ1v) is 3.80. The Hall–Kier alpha value is -1.49. The molecule has 0 spiro atoms. The summed E-state index contributed by atoms with van der Waals surface area (Å²) in [6, 6.07) is 2.75. The van der Waals surface area contributed by atoms with Crippen LogP contribution in [0.1, 0.15) is 0 Å². The molecule has 0 saturated carbocycles. The molecule has 0 radical (unpaired) electrons. The summed E-state index contributed by atoms with van der Waals surface area (Å²) in [5.41, 5.74) is -0.175. The normalized spacial score (nSPS) is 13.0. The number of benzene rings is 1. The van der Waals surface area contributed by atoms with Gasteiger partial charge in [0, 0.05) is 6.07 Å². The minimum atomic E-state index is -0.565. The van der Waals surface area contributed by atoms with Gasteiger partial charge in [-0.1, -0.05) is 11.6 Å². The maximum absolute atomic E-state index is 10.4. The molecule has 5 nitrogen and oxygen atoms in total.